The third-order valence-electron chi connectivity index (χ3n) is 6.60. The second-order valence-corrected chi connectivity index (χ2v) is 8.77. The van der Waals surface area contributed by atoms with Crippen molar-refractivity contribution in [1.82, 2.24) is 10.3 Å². The number of hydrogen-bond donors (Lipinski definition) is 2. The summed E-state index contributed by atoms with van der Waals surface area (Å²) >= 11 is 0. The quantitative estimate of drug-likeness (QED) is 0.724. The highest BCUT2D eigenvalue weighted by Gasteiger charge is 2.36. The van der Waals surface area contributed by atoms with Gasteiger partial charge in [0, 0.05) is 31.7 Å². The van der Waals surface area contributed by atoms with Crippen LogP contribution in [0.15, 0.2) is 18.3 Å². The first-order valence-corrected chi connectivity index (χ1v) is 11.1. The first-order chi connectivity index (χ1) is 14.0. The van der Waals surface area contributed by atoms with Crippen LogP contribution in [0, 0.1) is 5.92 Å². The number of methoxy groups -OCH3 is 1. The van der Waals surface area contributed by atoms with Gasteiger partial charge in [-0.2, -0.15) is 0 Å². The van der Waals surface area contributed by atoms with Crippen molar-refractivity contribution in [1.29, 1.82) is 0 Å². The molecule has 2 N–H and O–H groups in total. The summed E-state index contributed by atoms with van der Waals surface area (Å²) in [6.07, 6.45) is 13.5. The molecule has 3 rings (SSSR count). The van der Waals surface area contributed by atoms with Crippen molar-refractivity contribution in [3.63, 3.8) is 0 Å². The van der Waals surface area contributed by atoms with Crippen molar-refractivity contribution in [2.75, 3.05) is 12.4 Å². The third-order valence-corrected chi connectivity index (χ3v) is 6.60. The Morgan fingerprint density at radius 1 is 1.14 bits per heavy atom. The number of amides is 2. The van der Waals surface area contributed by atoms with Crippen molar-refractivity contribution >= 4 is 17.6 Å². The Morgan fingerprint density at radius 3 is 2.45 bits per heavy atom. The van der Waals surface area contributed by atoms with Gasteiger partial charge in [-0.1, -0.05) is 25.3 Å². The first kappa shape index (κ1) is 21.8. The molecule has 29 heavy (non-hydrogen) atoms. The summed E-state index contributed by atoms with van der Waals surface area (Å²) in [6.45, 7) is 1.48. The van der Waals surface area contributed by atoms with Gasteiger partial charge in [0.15, 0.2) is 0 Å². The highest BCUT2D eigenvalue weighted by atomic mass is 16.5. The maximum Gasteiger partial charge on any atom is 0.223 e. The lowest BCUT2D eigenvalue weighted by Crippen LogP contribution is -2.52. The van der Waals surface area contributed by atoms with Gasteiger partial charge in [-0.25, -0.2) is 4.98 Å². The van der Waals surface area contributed by atoms with Crippen LogP contribution in [0.3, 0.4) is 0 Å². The Kier molecular flexibility index (Phi) is 7.64. The molecule has 0 unspecified atom stereocenters. The Morgan fingerprint density at radius 2 is 1.86 bits per heavy atom. The van der Waals surface area contributed by atoms with Gasteiger partial charge < -0.3 is 15.4 Å². The Balaban J connectivity index is 1.58. The molecule has 0 atom stereocenters. The molecule has 2 saturated carbocycles. The van der Waals surface area contributed by atoms with E-state index in [2.05, 4.69) is 15.6 Å². The van der Waals surface area contributed by atoms with Gasteiger partial charge in [0.2, 0.25) is 11.8 Å². The molecule has 2 amide bonds. The number of carbonyl (C=O) groups excluding carboxylic acids is 2. The minimum absolute atomic E-state index is 0.0935. The van der Waals surface area contributed by atoms with Crippen LogP contribution in [0.5, 0.6) is 0 Å². The zero-order valence-corrected chi connectivity index (χ0v) is 17.8. The zero-order valence-electron chi connectivity index (χ0n) is 17.8. The smallest absolute Gasteiger partial charge is 0.223 e. The molecule has 2 fully saturated rings. The molecule has 160 valence electrons. The number of anilines is 1. The second kappa shape index (κ2) is 10.2. The number of pyridine rings is 1. The van der Waals surface area contributed by atoms with E-state index in [-0.39, 0.29) is 23.3 Å². The van der Waals surface area contributed by atoms with Gasteiger partial charge in [0.1, 0.15) is 5.82 Å². The number of nitrogens with zero attached hydrogens (tertiary/aromatic N) is 1. The average molecular weight is 402 g/mol. The van der Waals surface area contributed by atoms with E-state index in [9.17, 15) is 9.59 Å². The number of carbonyl (C=O) groups is 2. The Hall–Kier alpha value is -1.95. The van der Waals surface area contributed by atoms with Crippen LogP contribution >= 0.6 is 0 Å². The van der Waals surface area contributed by atoms with Crippen molar-refractivity contribution in [3.05, 3.63) is 23.9 Å². The SMILES string of the molecule is COC1CCC(C(=O)NC2(CCc3ccc(NC(C)=O)nc3)CCCCC2)CC1. The fourth-order valence-electron chi connectivity index (χ4n) is 4.80. The highest BCUT2D eigenvalue weighted by Crippen LogP contribution is 2.34. The summed E-state index contributed by atoms with van der Waals surface area (Å²) in [6, 6.07) is 3.86. The molecule has 2 aliphatic rings. The number of nitrogens with one attached hydrogen (secondary N) is 2. The van der Waals surface area contributed by atoms with Gasteiger partial charge in [-0.15, -0.1) is 0 Å². The number of hydrogen-bond acceptors (Lipinski definition) is 4. The summed E-state index contributed by atoms with van der Waals surface area (Å²) in [5.74, 6) is 0.821. The lowest BCUT2D eigenvalue weighted by atomic mass is 9.77. The third kappa shape index (κ3) is 6.26. The van der Waals surface area contributed by atoms with Crippen molar-refractivity contribution in [2.45, 2.75) is 89.2 Å². The molecule has 0 radical (unpaired) electrons. The normalized spacial score (nSPS) is 23.9. The molecule has 1 heterocycles. The minimum atomic E-state index is -0.117. The van der Waals surface area contributed by atoms with Crippen LogP contribution in [0.25, 0.3) is 0 Å². The molecule has 0 saturated heterocycles. The van der Waals surface area contributed by atoms with Crippen molar-refractivity contribution in [2.24, 2.45) is 5.92 Å². The minimum Gasteiger partial charge on any atom is -0.381 e. The Labute approximate surface area is 174 Å². The van der Waals surface area contributed by atoms with Crippen LogP contribution < -0.4 is 10.6 Å². The summed E-state index contributed by atoms with van der Waals surface area (Å²) in [5.41, 5.74) is 1.04. The second-order valence-electron chi connectivity index (χ2n) is 8.77. The van der Waals surface area contributed by atoms with Crippen molar-refractivity contribution < 1.29 is 14.3 Å². The van der Waals surface area contributed by atoms with E-state index in [4.69, 9.17) is 4.74 Å². The number of rotatable bonds is 7. The number of ether oxygens (including phenoxy) is 1. The molecule has 0 spiro atoms. The number of aromatic nitrogens is 1. The molecule has 6 heteroatoms. The van der Waals surface area contributed by atoms with Crippen LogP contribution in [-0.2, 0) is 20.7 Å². The predicted molar refractivity (Wildman–Crippen MR) is 114 cm³/mol. The van der Waals surface area contributed by atoms with E-state index in [1.165, 1.54) is 26.2 Å². The molecule has 2 aliphatic carbocycles. The summed E-state index contributed by atoms with van der Waals surface area (Å²) in [4.78, 5) is 28.5. The van der Waals surface area contributed by atoms with E-state index in [0.717, 1.165) is 56.9 Å². The van der Waals surface area contributed by atoms with Crippen LogP contribution in [0.1, 0.15) is 76.7 Å². The fourth-order valence-corrected chi connectivity index (χ4v) is 4.80. The molecule has 1 aromatic rings. The van der Waals surface area contributed by atoms with Gasteiger partial charge in [-0.3, -0.25) is 9.59 Å². The van der Waals surface area contributed by atoms with Crippen LogP contribution in [0.4, 0.5) is 5.82 Å². The molecule has 0 aromatic carbocycles. The summed E-state index contributed by atoms with van der Waals surface area (Å²) in [5, 5.41) is 6.18. The van der Waals surface area contributed by atoms with Gasteiger partial charge in [0.25, 0.3) is 0 Å². The van der Waals surface area contributed by atoms with E-state index in [0.29, 0.717) is 11.9 Å². The lowest BCUT2D eigenvalue weighted by molar-refractivity contribution is -0.129. The van der Waals surface area contributed by atoms with E-state index in [1.54, 1.807) is 7.11 Å². The lowest BCUT2D eigenvalue weighted by Gasteiger charge is -2.40. The van der Waals surface area contributed by atoms with Gasteiger partial charge >= 0.3 is 0 Å². The van der Waals surface area contributed by atoms with Gasteiger partial charge in [0.05, 0.1) is 6.10 Å². The van der Waals surface area contributed by atoms with E-state index >= 15 is 0 Å². The van der Waals surface area contributed by atoms with Gasteiger partial charge in [-0.05, 0) is 63.0 Å². The molecular weight excluding hydrogens is 366 g/mol. The molecule has 0 aliphatic heterocycles. The molecule has 0 bridgehead atoms. The maximum atomic E-state index is 13.0. The highest BCUT2D eigenvalue weighted by molar-refractivity contribution is 5.87. The average Bonchev–Trinajstić information content (AvgIpc) is 2.73. The zero-order chi connectivity index (χ0) is 20.7. The Bertz CT molecular complexity index is 675. The maximum absolute atomic E-state index is 13.0. The van der Waals surface area contributed by atoms with Crippen molar-refractivity contribution in [3.8, 4) is 0 Å². The summed E-state index contributed by atoms with van der Waals surface area (Å²) < 4.78 is 5.45. The standard InChI is InChI=1S/C23H35N3O3/c1-17(27)25-21-11-6-18(16-24-21)12-15-23(13-4-3-5-14-23)26-22(28)19-7-9-20(29-2)10-8-19/h6,11,16,19-20H,3-5,7-10,12-15H2,1-2H3,(H,26,28)(H,24,25,27). The summed E-state index contributed by atoms with van der Waals surface area (Å²) in [7, 11) is 1.76. The predicted octanol–water partition coefficient (Wildman–Crippen LogP) is 4.00. The van der Waals surface area contributed by atoms with Crippen LogP contribution in [-0.4, -0.2) is 35.6 Å². The largest absolute Gasteiger partial charge is 0.381 e. The first-order valence-electron chi connectivity index (χ1n) is 11.1. The number of aryl methyl sites for hydroxylation is 1. The van der Waals surface area contributed by atoms with E-state index in [1.807, 2.05) is 18.3 Å². The molecule has 6 nitrogen and oxygen atoms in total. The van der Waals surface area contributed by atoms with Crippen LogP contribution in [0.2, 0.25) is 0 Å². The molecular formula is C23H35N3O3. The fraction of sp³-hybridized carbons (Fsp3) is 0.696. The molecule has 1 aromatic heterocycles. The topological polar surface area (TPSA) is 80.3 Å². The monoisotopic (exact) mass is 401 g/mol. The van der Waals surface area contributed by atoms with E-state index < -0.39 is 0 Å².